The Labute approximate surface area is 129 Å². The standard InChI is InChI=1S/C17H20N2O3/c1-18-11-12(13-5-2-3-6-14(13)18)8-9-16(20)19-10-4-7-15(19)17(21)22/h2-3,5-6,11,15H,4,7-10H2,1H3,(H,21,22)/t15-/m0/s1. The Balaban J connectivity index is 1.71. The molecule has 1 atom stereocenters. The van der Waals surface area contributed by atoms with Crippen molar-refractivity contribution in [3.63, 3.8) is 0 Å². The summed E-state index contributed by atoms with van der Waals surface area (Å²) in [6.45, 7) is 0.561. The van der Waals surface area contributed by atoms with E-state index in [0.29, 0.717) is 25.8 Å². The summed E-state index contributed by atoms with van der Waals surface area (Å²) in [5.74, 6) is -0.950. The third-order valence-corrected chi connectivity index (χ3v) is 4.45. The average Bonchev–Trinajstić information content (AvgIpc) is 3.11. The Bertz CT molecular complexity index is 720. The van der Waals surface area contributed by atoms with Crippen molar-refractivity contribution in [2.45, 2.75) is 31.7 Å². The van der Waals surface area contributed by atoms with Gasteiger partial charge < -0.3 is 14.6 Å². The fourth-order valence-electron chi connectivity index (χ4n) is 3.33. The number of aromatic nitrogens is 1. The van der Waals surface area contributed by atoms with Crippen molar-refractivity contribution in [1.82, 2.24) is 9.47 Å². The molecule has 1 saturated heterocycles. The minimum Gasteiger partial charge on any atom is -0.480 e. The Morgan fingerprint density at radius 2 is 2.09 bits per heavy atom. The monoisotopic (exact) mass is 300 g/mol. The van der Waals surface area contributed by atoms with Gasteiger partial charge in [-0.2, -0.15) is 0 Å². The summed E-state index contributed by atoms with van der Waals surface area (Å²) in [5, 5.41) is 10.3. The zero-order chi connectivity index (χ0) is 15.7. The van der Waals surface area contributed by atoms with Gasteiger partial charge in [0.15, 0.2) is 0 Å². The van der Waals surface area contributed by atoms with Gasteiger partial charge in [-0.15, -0.1) is 0 Å². The number of amides is 1. The van der Waals surface area contributed by atoms with Crippen molar-refractivity contribution in [3.8, 4) is 0 Å². The molecule has 1 amide bonds. The second kappa shape index (κ2) is 5.83. The first kappa shape index (κ1) is 14.6. The van der Waals surface area contributed by atoms with E-state index in [4.69, 9.17) is 5.11 Å². The second-order valence-corrected chi connectivity index (χ2v) is 5.87. The van der Waals surface area contributed by atoms with Crippen molar-refractivity contribution in [2.75, 3.05) is 6.54 Å². The Kier molecular flexibility index (Phi) is 3.88. The third-order valence-electron chi connectivity index (χ3n) is 4.45. The van der Waals surface area contributed by atoms with E-state index in [9.17, 15) is 9.59 Å². The van der Waals surface area contributed by atoms with Crippen molar-refractivity contribution >= 4 is 22.8 Å². The lowest BCUT2D eigenvalue weighted by molar-refractivity contribution is -0.148. The van der Waals surface area contributed by atoms with Crippen LogP contribution < -0.4 is 0 Å². The largest absolute Gasteiger partial charge is 0.480 e. The van der Waals surface area contributed by atoms with Crippen LogP contribution in [0.4, 0.5) is 0 Å². The molecule has 1 fully saturated rings. The van der Waals surface area contributed by atoms with Gasteiger partial charge in [0, 0.05) is 37.1 Å². The lowest BCUT2D eigenvalue weighted by atomic mass is 10.1. The summed E-state index contributed by atoms with van der Waals surface area (Å²) in [6, 6.07) is 7.47. The molecule has 1 aromatic heterocycles. The lowest BCUT2D eigenvalue weighted by Crippen LogP contribution is -2.40. The molecule has 5 heteroatoms. The number of carbonyl (C=O) groups is 2. The molecular weight excluding hydrogens is 280 g/mol. The van der Waals surface area contributed by atoms with Gasteiger partial charge in [-0.1, -0.05) is 18.2 Å². The molecule has 0 unspecified atom stereocenters. The number of aliphatic carboxylic acids is 1. The molecule has 0 radical (unpaired) electrons. The number of likely N-dealkylation sites (tertiary alicyclic amines) is 1. The molecule has 0 bridgehead atoms. The number of carboxylic acids is 1. The SMILES string of the molecule is Cn1cc(CCC(=O)N2CCC[C@H]2C(=O)O)c2ccccc21. The minimum atomic E-state index is -0.893. The number of benzene rings is 1. The number of hydrogen-bond donors (Lipinski definition) is 1. The summed E-state index contributed by atoms with van der Waals surface area (Å²) in [6.07, 6.45) is 4.39. The van der Waals surface area contributed by atoms with Crippen LogP contribution in [-0.4, -0.2) is 39.0 Å². The van der Waals surface area contributed by atoms with Gasteiger partial charge in [-0.25, -0.2) is 4.79 Å². The highest BCUT2D eigenvalue weighted by Crippen LogP contribution is 2.23. The van der Waals surface area contributed by atoms with Gasteiger partial charge in [-0.05, 0) is 30.9 Å². The van der Waals surface area contributed by atoms with Crippen molar-refractivity contribution in [1.29, 1.82) is 0 Å². The smallest absolute Gasteiger partial charge is 0.326 e. The van der Waals surface area contributed by atoms with E-state index in [-0.39, 0.29) is 5.91 Å². The van der Waals surface area contributed by atoms with E-state index in [0.717, 1.165) is 22.9 Å². The van der Waals surface area contributed by atoms with Gasteiger partial charge in [0.2, 0.25) is 5.91 Å². The van der Waals surface area contributed by atoms with Crippen LogP contribution >= 0.6 is 0 Å². The predicted octanol–water partition coefficient (Wildman–Crippen LogP) is 2.19. The normalized spacial score (nSPS) is 18.0. The zero-order valence-corrected chi connectivity index (χ0v) is 12.7. The Morgan fingerprint density at radius 3 is 2.86 bits per heavy atom. The molecule has 1 aliphatic heterocycles. The van der Waals surface area contributed by atoms with Crippen molar-refractivity contribution in [3.05, 3.63) is 36.0 Å². The van der Waals surface area contributed by atoms with Crippen LogP contribution in [0.3, 0.4) is 0 Å². The molecule has 1 aromatic carbocycles. The van der Waals surface area contributed by atoms with Crippen molar-refractivity contribution < 1.29 is 14.7 Å². The number of carboxylic acid groups (broad SMARTS) is 1. The topological polar surface area (TPSA) is 62.5 Å². The number of para-hydroxylation sites is 1. The van der Waals surface area contributed by atoms with Crippen LogP contribution in [0.2, 0.25) is 0 Å². The van der Waals surface area contributed by atoms with Crippen molar-refractivity contribution in [2.24, 2.45) is 7.05 Å². The number of nitrogens with zero attached hydrogens (tertiary/aromatic N) is 2. The summed E-state index contributed by atoms with van der Waals surface area (Å²) < 4.78 is 2.06. The number of hydrogen-bond acceptors (Lipinski definition) is 2. The third kappa shape index (κ3) is 2.58. The summed E-state index contributed by atoms with van der Waals surface area (Å²) >= 11 is 0. The van der Waals surface area contributed by atoms with Crippen LogP contribution in [-0.2, 0) is 23.1 Å². The summed E-state index contributed by atoms with van der Waals surface area (Å²) in [7, 11) is 1.99. The lowest BCUT2D eigenvalue weighted by Gasteiger charge is -2.21. The van der Waals surface area contributed by atoms with E-state index < -0.39 is 12.0 Å². The summed E-state index contributed by atoms with van der Waals surface area (Å²) in [5.41, 5.74) is 2.28. The highest BCUT2D eigenvalue weighted by molar-refractivity contribution is 5.86. The maximum Gasteiger partial charge on any atom is 0.326 e. The van der Waals surface area contributed by atoms with Gasteiger partial charge in [0.25, 0.3) is 0 Å². The van der Waals surface area contributed by atoms with Crippen LogP contribution in [0.15, 0.2) is 30.5 Å². The molecule has 0 saturated carbocycles. The maximum absolute atomic E-state index is 12.3. The van der Waals surface area contributed by atoms with Crippen LogP contribution in [0.25, 0.3) is 10.9 Å². The average molecular weight is 300 g/mol. The molecule has 2 aromatic rings. The zero-order valence-electron chi connectivity index (χ0n) is 12.7. The first-order valence-electron chi connectivity index (χ1n) is 7.63. The molecule has 0 aliphatic carbocycles. The molecule has 116 valence electrons. The van der Waals surface area contributed by atoms with Crippen LogP contribution in [0.5, 0.6) is 0 Å². The van der Waals surface area contributed by atoms with Gasteiger partial charge in [0.05, 0.1) is 0 Å². The number of carbonyl (C=O) groups excluding carboxylic acids is 1. The highest BCUT2D eigenvalue weighted by Gasteiger charge is 2.33. The Morgan fingerprint density at radius 1 is 1.32 bits per heavy atom. The van der Waals surface area contributed by atoms with E-state index in [1.54, 1.807) is 0 Å². The predicted molar refractivity (Wildman–Crippen MR) is 83.6 cm³/mol. The van der Waals surface area contributed by atoms with E-state index in [1.807, 2.05) is 19.2 Å². The number of rotatable bonds is 4. The molecule has 1 aliphatic rings. The van der Waals surface area contributed by atoms with Gasteiger partial charge in [-0.3, -0.25) is 4.79 Å². The maximum atomic E-state index is 12.3. The molecular formula is C17H20N2O3. The first-order valence-corrected chi connectivity index (χ1v) is 7.63. The summed E-state index contributed by atoms with van der Waals surface area (Å²) in [4.78, 5) is 25.0. The minimum absolute atomic E-state index is 0.0576. The molecule has 2 heterocycles. The fourth-order valence-corrected chi connectivity index (χ4v) is 3.33. The van der Waals surface area contributed by atoms with Crippen LogP contribution in [0, 0.1) is 0 Å². The Hall–Kier alpha value is -2.30. The second-order valence-electron chi connectivity index (χ2n) is 5.87. The van der Waals surface area contributed by atoms with E-state index in [2.05, 4.69) is 22.9 Å². The fraction of sp³-hybridized carbons (Fsp3) is 0.412. The molecule has 5 nitrogen and oxygen atoms in total. The quantitative estimate of drug-likeness (QED) is 0.941. The molecule has 3 rings (SSSR count). The van der Waals surface area contributed by atoms with Crippen LogP contribution in [0.1, 0.15) is 24.8 Å². The van der Waals surface area contributed by atoms with E-state index >= 15 is 0 Å². The van der Waals surface area contributed by atoms with Gasteiger partial charge in [0.1, 0.15) is 6.04 Å². The molecule has 0 spiro atoms. The first-order chi connectivity index (χ1) is 10.6. The molecule has 1 N–H and O–H groups in total. The number of aryl methyl sites for hydroxylation is 2. The highest BCUT2D eigenvalue weighted by atomic mass is 16.4. The van der Waals surface area contributed by atoms with Gasteiger partial charge >= 0.3 is 5.97 Å². The molecule has 22 heavy (non-hydrogen) atoms. The number of fused-ring (bicyclic) bond motifs is 1. The van der Waals surface area contributed by atoms with E-state index in [1.165, 1.54) is 4.90 Å².